The van der Waals surface area contributed by atoms with Crippen LogP contribution in [0.5, 0.6) is 0 Å². The molecule has 88 valence electrons. The van der Waals surface area contributed by atoms with Gasteiger partial charge >= 0.3 is 0 Å². The van der Waals surface area contributed by atoms with Gasteiger partial charge in [0.05, 0.1) is 0 Å². The molecule has 1 aromatic heterocycles. The van der Waals surface area contributed by atoms with Crippen molar-refractivity contribution in [3.8, 4) is 0 Å². The number of ketones is 1. The third kappa shape index (κ3) is 2.81. The second-order valence-corrected chi connectivity index (χ2v) is 3.85. The van der Waals surface area contributed by atoms with E-state index in [-0.39, 0.29) is 11.6 Å². The van der Waals surface area contributed by atoms with Gasteiger partial charge in [-0.1, -0.05) is 19.1 Å². The second-order valence-electron chi connectivity index (χ2n) is 3.85. The van der Waals surface area contributed by atoms with Crippen LogP contribution in [0.3, 0.4) is 0 Å². The molecule has 0 amide bonds. The monoisotopic (exact) mass is 232 g/mol. The summed E-state index contributed by atoms with van der Waals surface area (Å²) in [5.74, 6) is 0.850. The Morgan fingerprint density at radius 3 is 2.53 bits per heavy atom. The van der Waals surface area contributed by atoms with E-state index in [2.05, 4.69) is 0 Å². The van der Waals surface area contributed by atoms with Gasteiger partial charge in [0.25, 0.3) is 0 Å². The summed E-state index contributed by atoms with van der Waals surface area (Å²) in [5, 5.41) is 0. The van der Waals surface area contributed by atoms with Crippen LogP contribution in [0.25, 0.3) is 0 Å². The minimum Gasteiger partial charge on any atom is -0.458 e. The van der Waals surface area contributed by atoms with Crippen molar-refractivity contribution in [3.63, 3.8) is 0 Å². The van der Waals surface area contributed by atoms with Crippen LogP contribution in [0.1, 0.15) is 35.2 Å². The molecule has 0 aliphatic rings. The first-order valence-electron chi connectivity index (χ1n) is 5.55. The first kappa shape index (κ1) is 11.6. The van der Waals surface area contributed by atoms with Crippen molar-refractivity contribution < 1.29 is 13.6 Å². The Morgan fingerprint density at radius 1 is 1.18 bits per heavy atom. The molecule has 0 fully saturated rings. The zero-order valence-electron chi connectivity index (χ0n) is 9.57. The average molecular weight is 232 g/mol. The number of furan rings is 1. The molecule has 0 atom stereocenters. The molecule has 2 nitrogen and oxygen atoms in total. The van der Waals surface area contributed by atoms with Gasteiger partial charge in [-0.3, -0.25) is 4.79 Å². The standard InChI is InChI=1S/C14H13FO2/c1-2-13(16)14-8-7-12(17-14)9-10-3-5-11(15)6-4-10/h3-8H,2,9H2,1H3. The average Bonchev–Trinajstić information content (AvgIpc) is 2.80. The first-order chi connectivity index (χ1) is 8.19. The van der Waals surface area contributed by atoms with Crippen LogP contribution in [0.4, 0.5) is 4.39 Å². The molecule has 0 aliphatic heterocycles. The molecule has 17 heavy (non-hydrogen) atoms. The first-order valence-corrected chi connectivity index (χ1v) is 5.55. The summed E-state index contributed by atoms with van der Waals surface area (Å²) in [6.45, 7) is 1.80. The van der Waals surface area contributed by atoms with Crippen molar-refractivity contribution in [2.24, 2.45) is 0 Å². The molecule has 0 N–H and O–H groups in total. The molecular formula is C14H13FO2. The maximum Gasteiger partial charge on any atom is 0.197 e. The van der Waals surface area contributed by atoms with Crippen LogP contribution in [0.15, 0.2) is 40.8 Å². The predicted molar refractivity (Wildman–Crippen MR) is 62.5 cm³/mol. The Kier molecular flexibility index (Phi) is 3.38. The maximum atomic E-state index is 12.7. The molecule has 2 rings (SSSR count). The summed E-state index contributed by atoms with van der Waals surface area (Å²) in [6, 6.07) is 9.71. The smallest absolute Gasteiger partial charge is 0.197 e. The summed E-state index contributed by atoms with van der Waals surface area (Å²) in [7, 11) is 0. The van der Waals surface area contributed by atoms with Crippen LogP contribution in [0.2, 0.25) is 0 Å². The van der Waals surface area contributed by atoms with Crippen molar-refractivity contribution >= 4 is 5.78 Å². The Morgan fingerprint density at radius 2 is 1.88 bits per heavy atom. The van der Waals surface area contributed by atoms with Gasteiger partial charge in [-0.25, -0.2) is 4.39 Å². The number of Topliss-reactive ketones (excluding diaryl/α,β-unsaturated/α-hetero) is 1. The van der Waals surface area contributed by atoms with Gasteiger partial charge in [0, 0.05) is 12.8 Å². The predicted octanol–water partition coefficient (Wildman–Crippen LogP) is 3.60. The number of hydrogen-bond acceptors (Lipinski definition) is 2. The van der Waals surface area contributed by atoms with Gasteiger partial charge in [0.1, 0.15) is 11.6 Å². The van der Waals surface area contributed by atoms with E-state index < -0.39 is 0 Å². The third-order valence-electron chi connectivity index (χ3n) is 2.55. The van der Waals surface area contributed by atoms with Gasteiger partial charge in [0.2, 0.25) is 0 Å². The van der Waals surface area contributed by atoms with Crippen molar-refractivity contribution in [2.75, 3.05) is 0 Å². The van der Waals surface area contributed by atoms with Gasteiger partial charge in [-0.15, -0.1) is 0 Å². The van der Waals surface area contributed by atoms with Gasteiger partial charge in [-0.05, 0) is 29.8 Å². The van der Waals surface area contributed by atoms with E-state index in [0.717, 1.165) is 5.56 Å². The molecule has 0 saturated heterocycles. The van der Waals surface area contributed by atoms with Gasteiger partial charge < -0.3 is 4.42 Å². The van der Waals surface area contributed by atoms with E-state index in [1.165, 1.54) is 12.1 Å². The van der Waals surface area contributed by atoms with E-state index in [4.69, 9.17) is 4.42 Å². The summed E-state index contributed by atoms with van der Waals surface area (Å²) in [6.07, 6.45) is 1.00. The normalized spacial score (nSPS) is 10.5. The molecule has 2 aromatic rings. The summed E-state index contributed by atoms with van der Waals surface area (Å²) in [5.41, 5.74) is 0.955. The summed E-state index contributed by atoms with van der Waals surface area (Å²) >= 11 is 0. The van der Waals surface area contributed by atoms with E-state index in [1.807, 2.05) is 0 Å². The van der Waals surface area contributed by atoms with E-state index in [0.29, 0.717) is 24.4 Å². The van der Waals surface area contributed by atoms with E-state index >= 15 is 0 Å². The Bertz CT molecular complexity index is 511. The number of rotatable bonds is 4. The molecule has 0 bridgehead atoms. The molecule has 3 heteroatoms. The minimum absolute atomic E-state index is 0.00430. The van der Waals surface area contributed by atoms with E-state index in [9.17, 15) is 9.18 Å². The fraction of sp³-hybridized carbons (Fsp3) is 0.214. The molecule has 0 aliphatic carbocycles. The highest BCUT2D eigenvalue weighted by Gasteiger charge is 2.09. The maximum absolute atomic E-state index is 12.7. The Labute approximate surface area is 99.1 Å². The zero-order chi connectivity index (χ0) is 12.3. The zero-order valence-corrected chi connectivity index (χ0v) is 9.57. The number of benzene rings is 1. The fourth-order valence-electron chi connectivity index (χ4n) is 1.60. The molecule has 1 heterocycles. The van der Waals surface area contributed by atoms with Crippen molar-refractivity contribution in [3.05, 3.63) is 59.3 Å². The highest BCUT2D eigenvalue weighted by molar-refractivity contribution is 5.93. The topological polar surface area (TPSA) is 30.2 Å². The minimum atomic E-state index is -0.255. The van der Waals surface area contributed by atoms with Crippen molar-refractivity contribution in [2.45, 2.75) is 19.8 Å². The lowest BCUT2D eigenvalue weighted by Crippen LogP contribution is -1.93. The molecule has 0 spiro atoms. The lowest BCUT2D eigenvalue weighted by atomic mass is 10.1. The lowest BCUT2D eigenvalue weighted by molar-refractivity contribution is 0.0960. The highest BCUT2D eigenvalue weighted by atomic mass is 19.1. The number of carbonyl (C=O) groups is 1. The number of hydrogen-bond donors (Lipinski definition) is 0. The molecule has 0 saturated carbocycles. The largest absolute Gasteiger partial charge is 0.458 e. The Hall–Kier alpha value is -1.90. The SMILES string of the molecule is CCC(=O)c1ccc(Cc2ccc(F)cc2)o1. The fourth-order valence-corrected chi connectivity index (χ4v) is 1.60. The van der Waals surface area contributed by atoms with Crippen LogP contribution < -0.4 is 0 Å². The molecular weight excluding hydrogens is 219 g/mol. The summed E-state index contributed by atoms with van der Waals surface area (Å²) in [4.78, 5) is 11.4. The third-order valence-corrected chi connectivity index (χ3v) is 2.55. The number of halogens is 1. The van der Waals surface area contributed by atoms with Crippen molar-refractivity contribution in [1.82, 2.24) is 0 Å². The quantitative estimate of drug-likeness (QED) is 0.754. The van der Waals surface area contributed by atoms with Crippen LogP contribution in [-0.4, -0.2) is 5.78 Å². The molecule has 0 unspecified atom stereocenters. The van der Waals surface area contributed by atoms with Crippen LogP contribution in [0, 0.1) is 5.82 Å². The van der Waals surface area contributed by atoms with Gasteiger partial charge in [-0.2, -0.15) is 0 Å². The van der Waals surface area contributed by atoms with Crippen LogP contribution >= 0.6 is 0 Å². The second kappa shape index (κ2) is 4.95. The molecule has 0 radical (unpaired) electrons. The Balaban J connectivity index is 2.11. The van der Waals surface area contributed by atoms with Crippen molar-refractivity contribution in [1.29, 1.82) is 0 Å². The number of carbonyl (C=O) groups excluding carboxylic acids is 1. The lowest BCUT2D eigenvalue weighted by Gasteiger charge is -1.98. The van der Waals surface area contributed by atoms with E-state index in [1.54, 1.807) is 31.2 Å². The van der Waals surface area contributed by atoms with Gasteiger partial charge in [0.15, 0.2) is 11.5 Å². The summed E-state index contributed by atoms with van der Waals surface area (Å²) < 4.78 is 18.1. The van der Waals surface area contributed by atoms with Crippen LogP contribution in [-0.2, 0) is 6.42 Å². The highest BCUT2D eigenvalue weighted by Crippen LogP contribution is 2.15. The molecule has 1 aromatic carbocycles.